The van der Waals surface area contributed by atoms with E-state index in [2.05, 4.69) is 17.1 Å². The van der Waals surface area contributed by atoms with E-state index in [0.717, 1.165) is 45.4 Å². The molecule has 0 aromatic rings. The zero-order valence-corrected chi connectivity index (χ0v) is 12.0. The van der Waals surface area contributed by atoms with Gasteiger partial charge in [0.15, 0.2) is 0 Å². The predicted octanol–water partition coefficient (Wildman–Crippen LogP) is 0.0842. The van der Waals surface area contributed by atoms with Crippen LogP contribution in [0.1, 0.15) is 19.8 Å². The number of aliphatic hydroxyl groups is 1. The molecule has 5 heteroatoms. The zero-order valence-electron chi connectivity index (χ0n) is 12.0. The molecule has 2 rings (SSSR count). The number of morpholine rings is 1. The van der Waals surface area contributed by atoms with Crippen molar-refractivity contribution in [1.82, 2.24) is 10.2 Å². The van der Waals surface area contributed by atoms with Crippen molar-refractivity contribution in [2.75, 3.05) is 52.6 Å². The van der Waals surface area contributed by atoms with Crippen molar-refractivity contribution >= 4 is 0 Å². The molecule has 0 spiro atoms. The average molecular weight is 272 g/mol. The highest BCUT2D eigenvalue weighted by Gasteiger charge is 2.21. The van der Waals surface area contributed by atoms with Crippen molar-refractivity contribution in [3.05, 3.63) is 0 Å². The second-order valence-electron chi connectivity index (χ2n) is 5.86. The topological polar surface area (TPSA) is 54.0 Å². The van der Waals surface area contributed by atoms with Crippen LogP contribution >= 0.6 is 0 Å². The first kappa shape index (κ1) is 15.2. The molecule has 19 heavy (non-hydrogen) atoms. The Hall–Kier alpha value is -0.200. The fraction of sp³-hybridized carbons (Fsp3) is 1.00. The Bertz CT molecular complexity index is 243. The molecule has 1 saturated carbocycles. The van der Waals surface area contributed by atoms with Gasteiger partial charge in [0.05, 0.1) is 25.9 Å². The quantitative estimate of drug-likeness (QED) is 0.623. The second-order valence-corrected chi connectivity index (χ2v) is 5.86. The third kappa shape index (κ3) is 6.68. The van der Waals surface area contributed by atoms with E-state index in [0.29, 0.717) is 19.2 Å². The van der Waals surface area contributed by atoms with E-state index < -0.39 is 6.10 Å². The average Bonchev–Trinajstić information content (AvgIpc) is 3.22. The van der Waals surface area contributed by atoms with Gasteiger partial charge in [-0.1, -0.05) is 0 Å². The molecule has 2 unspecified atom stereocenters. The number of ether oxygens (including phenoxy) is 2. The van der Waals surface area contributed by atoms with Gasteiger partial charge in [0.2, 0.25) is 0 Å². The van der Waals surface area contributed by atoms with E-state index in [1.54, 1.807) is 0 Å². The third-order valence-electron chi connectivity index (χ3n) is 3.70. The summed E-state index contributed by atoms with van der Waals surface area (Å²) in [7, 11) is 0. The van der Waals surface area contributed by atoms with Crippen LogP contribution in [0, 0.1) is 5.92 Å². The first-order valence-electron chi connectivity index (χ1n) is 7.53. The lowest BCUT2D eigenvalue weighted by Crippen LogP contribution is -2.46. The Morgan fingerprint density at radius 1 is 1.37 bits per heavy atom. The second kappa shape index (κ2) is 8.17. The van der Waals surface area contributed by atoms with Crippen molar-refractivity contribution in [3.8, 4) is 0 Å². The van der Waals surface area contributed by atoms with E-state index in [4.69, 9.17) is 9.47 Å². The largest absolute Gasteiger partial charge is 0.389 e. The number of aliphatic hydroxyl groups excluding tert-OH is 1. The SMILES string of the molecule is CC(CN1CCOCC1)NCC(O)COCC1CC1. The minimum Gasteiger partial charge on any atom is -0.389 e. The summed E-state index contributed by atoms with van der Waals surface area (Å²) >= 11 is 0. The minimum atomic E-state index is -0.397. The van der Waals surface area contributed by atoms with Crippen LogP contribution in [0.4, 0.5) is 0 Å². The monoisotopic (exact) mass is 272 g/mol. The molecule has 1 heterocycles. The van der Waals surface area contributed by atoms with Gasteiger partial charge in [-0.2, -0.15) is 0 Å². The van der Waals surface area contributed by atoms with Crippen molar-refractivity contribution in [2.45, 2.75) is 31.9 Å². The molecule has 0 amide bonds. The van der Waals surface area contributed by atoms with Gasteiger partial charge in [0.1, 0.15) is 0 Å². The van der Waals surface area contributed by atoms with Gasteiger partial charge >= 0.3 is 0 Å². The Balaban J connectivity index is 1.47. The third-order valence-corrected chi connectivity index (χ3v) is 3.70. The molecule has 2 N–H and O–H groups in total. The molecular weight excluding hydrogens is 244 g/mol. The van der Waals surface area contributed by atoms with Gasteiger partial charge in [-0.3, -0.25) is 4.90 Å². The molecule has 0 aromatic heterocycles. The molecule has 2 aliphatic rings. The standard InChI is InChI=1S/C14H28N2O3/c1-12(9-16-4-6-18-7-5-16)15-8-14(17)11-19-10-13-2-3-13/h12-15,17H,2-11H2,1H3. The van der Waals surface area contributed by atoms with Crippen molar-refractivity contribution in [2.24, 2.45) is 5.92 Å². The smallest absolute Gasteiger partial charge is 0.0897 e. The van der Waals surface area contributed by atoms with Crippen LogP contribution < -0.4 is 5.32 Å². The van der Waals surface area contributed by atoms with Crippen LogP contribution in [0.2, 0.25) is 0 Å². The Kier molecular flexibility index (Phi) is 6.53. The highest BCUT2D eigenvalue weighted by molar-refractivity contribution is 4.73. The molecule has 2 atom stereocenters. The molecule has 0 bridgehead atoms. The normalized spacial score (nSPS) is 24.3. The maximum Gasteiger partial charge on any atom is 0.0897 e. The van der Waals surface area contributed by atoms with Gasteiger partial charge in [-0.15, -0.1) is 0 Å². The maximum absolute atomic E-state index is 9.82. The van der Waals surface area contributed by atoms with E-state index in [1.807, 2.05) is 0 Å². The number of nitrogens with one attached hydrogen (secondary N) is 1. The number of rotatable bonds is 9. The molecule has 112 valence electrons. The van der Waals surface area contributed by atoms with Gasteiger partial charge < -0.3 is 19.9 Å². The van der Waals surface area contributed by atoms with E-state index in [-0.39, 0.29) is 0 Å². The number of hydrogen-bond donors (Lipinski definition) is 2. The summed E-state index contributed by atoms with van der Waals surface area (Å²) in [5.74, 6) is 0.764. The van der Waals surface area contributed by atoms with Gasteiger partial charge in [-0.25, -0.2) is 0 Å². The van der Waals surface area contributed by atoms with Gasteiger partial charge in [-0.05, 0) is 25.7 Å². The lowest BCUT2D eigenvalue weighted by molar-refractivity contribution is 0.0245. The fourth-order valence-corrected chi connectivity index (χ4v) is 2.29. The van der Waals surface area contributed by atoms with Crippen molar-refractivity contribution < 1.29 is 14.6 Å². The molecule has 5 nitrogen and oxygen atoms in total. The number of hydrogen-bond acceptors (Lipinski definition) is 5. The number of nitrogens with zero attached hydrogens (tertiary/aromatic N) is 1. The van der Waals surface area contributed by atoms with Crippen LogP contribution in [0.3, 0.4) is 0 Å². The summed E-state index contributed by atoms with van der Waals surface area (Å²) in [6.07, 6.45) is 2.20. The van der Waals surface area contributed by atoms with Gasteiger partial charge in [0.25, 0.3) is 0 Å². The molecule has 0 radical (unpaired) electrons. The van der Waals surface area contributed by atoms with Crippen molar-refractivity contribution in [3.63, 3.8) is 0 Å². The van der Waals surface area contributed by atoms with E-state index in [1.165, 1.54) is 12.8 Å². The zero-order chi connectivity index (χ0) is 13.5. The van der Waals surface area contributed by atoms with E-state index in [9.17, 15) is 5.11 Å². The summed E-state index contributed by atoms with van der Waals surface area (Å²) in [5.41, 5.74) is 0. The minimum absolute atomic E-state index is 0.385. The summed E-state index contributed by atoms with van der Waals surface area (Å²) in [4.78, 5) is 2.40. The van der Waals surface area contributed by atoms with Crippen LogP contribution in [0.15, 0.2) is 0 Å². The van der Waals surface area contributed by atoms with Crippen LogP contribution in [-0.4, -0.2) is 74.8 Å². The lowest BCUT2D eigenvalue weighted by Gasteiger charge is -2.29. The molecular formula is C14H28N2O3. The Morgan fingerprint density at radius 2 is 2.11 bits per heavy atom. The first-order valence-corrected chi connectivity index (χ1v) is 7.53. The summed E-state index contributed by atoms with van der Waals surface area (Å²) in [6.45, 7) is 8.75. The molecule has 1 saturated heterocycles. The van der Waals surface area contributed by atoms with Gasteiger partial charge in [0, 0.05) is 38.8 Å². The summed E-state index contributed by atoms with van der Waals surface area (Å²) in [6, 6.07) is 0.385. The molecule has 2 fully saturated rings. The molecule has 0 aromatic carbocycles. The van der Waals surface area contributed by atoms with E-state index >= 15 is 0 Å². The highest BCUT2D eigenvalue weighted by Crippen LogP contribution is 2.28. The fourth-order valence-electron chi connectivity index (χ4n) is 2.29. The Labute approximate surface area is 116 Å². The highest BCUT2D eigenvalue weighted by atomic mass is 16.5. The summed E-state index contributed by atoms with van der Waals surface area (Å²) < 4.78 is 10.8. The Morgan fingerprint density at radius 3 is 2.79 bits per heavy atom. The predicted molar refractivity (Wildman–Crippen MR) is 74.3 cm³/mol. The first-order chi connectivity index (χ1) is 9.24. The van der Waals surface area contributed by atoms with Crippen LogP contribution in [0.25, 0.3) is 0 Å². The summed E-state index contributed by atoms with van der Waals surface area (Å²) in [5, 5.41) is 13.2. The lowest BCUT2D eigenvalue weighted by atomic mass is 10.2. The van der Waals surface area contributed by atoms with Crippen LogP contribution in [-0.2, 0) is 9.47 Å². The van der Waals surface area contributed by atoms with Crippen LogP contribution in [0.5, 0.6) is 0 Å². The molecule has 1 aliphatic heterocycles. The molecule has 1 aliphatic carbocycles. The maximum atomic E-state index is 9.82. The van der Waals surface area contributed by atoms with Crippen molar-refractivity contribution in [1.29, 1.82) is 0 Å².